The van der Waals surface area contributed by atoms with Gasteiger partial charge in [-0.25, -0.2) is 14.5 Å². The summed E-state index contributed by atoms with van der Waals surface area (Å²) in [5, 5.41) is 13.5. The van der Waals surface area contributed by atoms with Crippen molar-refractivity contribution < 1.29 is 9.90 Å². The van der Waals surface area contributed by atoms with Crippen LogP contribution < -0.4 is 0 Å². The van der Waals surface area contributed by atoms with Gasteiger partial charge in [0.15, 0.2) is 5.82 Å². The van der Waals surface area contributed by atoms with Crippen molar-refractivity contribution in [3.63, 3.8) is 0 Å². The molecular formula is C14H17N3O2. The lowest BCUT2D eigenvalue weighted by molar-refractivity contribution is 0.0697. The largest absolute Gasteiger partial charge is 0.478 e. The first-order valence-corrected chi connectivity index (χ1v) is 6.18. The van der Waals surface area contributed by atoms with Crippen LogP contribution in [0.3, 0.4) is 0 Å². The maximum atomic E-state index is 11.0. The van der Waals surface area contributed by atoms with Gasteiger partial charge in [0.2, 0.25) is 0 Å². The van der Waals surface area contributed by atoms with Crippen molar-refractivity contribution in [2.75, 3.05) is 0 Å². The topological polar surface area (TPSA) is 68.0 Å². The Morgan fingerprint density at radius 2 is 2.00 bits per heavy atom. The number of carboxylic acids is 1. The van der Waals surface area contributed by atoms with Crippen LogP contribution in [0.4, 0.5) is 0 Å². The summed E-state index contributed by atoms with van der Waals surface area (Å²) in [6.45, 7) is 7.85. The summed E-state index contributed by atoms with van der Waals surface area (Å²) in [4.78, 5) is 15.5. The fourth-order valence-corrected chi connectivity index (χ4v) is 1.85. The molecule has 2 aromatic rings. The minimum atomic E-state index is -0.942. The lowest BCUT2D eigenvalue weighted by Crippen LogP contribution is -2.05. The van der Waals surface area contributed by atoms with Crippen LogP contribution in [0, 0.1) is 13.8 Å². The highest BCUT2D eigenvalue weighted by Gasteiger charge is 2.14. The van der Waals surface area contributed by atoms with Crippen LogP contribution in [-0.4, -0.2) is 25.8 Å². The molecule has 0 aliphatic heterocycles. The molecule has 0 aliphatic carbocycles. The summed E-state index contributed by atoms with van der Waals surface area (Å²) in [7, 11) is 0. The van der Waals surface area contributed by atoms with Crippen molar-refractivity contribution in [1.82, 2.24) is 14.8 Å². The number of nitrogens with zero attached hydrogens (tertiary/aromatic N) is 3. The number of aryl methyl sites for hydroxylation is 2. The maximum absolute atomic E-state index is 11.0. The van der Waals surface area contributed by atoms with Crippen LogP contribution in [0.25, 0.3) is 5.69 Å². The molecule has 5 nitrogen and oxygen atoms in total. The predicted octanol–water partition coefficient (Wildman–Crippen LogP) is 2.71. The summed E-state index contributed by atoms with van der Waals surface area (Å²) < 4.78 is 1.71. The fraction of sp³-hybridized carbons (Fsp3) is 0.357. The number of benzene rings is 1. The van der Waals surface area contributed by atoms with Crippen molar-refractivity contribution in [3.05, 3.63) is 41.0 Å². The molecule has 0 saturated heterocycles. The van der Waals surface area contributed by atoms with E-state index in [-0.39, 0.29) is 11.5 Å². The number of carbonyl (C=O) groups is 1. The standard InChI is InChI=1S/C14H17N3O2/c1-8(2)13-15-10(4)17(16-13)12-7-11(14(18)19)6-5-9(12)3/h5-8H,1-4H3,(H,18,19). The van der Waals surface area contributed by atoms with Gasteiger partial charge >= 0.3 is 5.97 Å². The Bertz CT molecular complexity index is 630. The molecule has 5 heteroatoms. The highest BCUT2D eigenvalue weighted by atomic mass is 16.4. The van der Waals surface area contributed by atoms with Crippen molar-refractivity contribution >= 4 is 5.97 Å². The molecule has 1 N–H and O–H groups in total. The molecule has 0 unspecified atom stereocenters. The molecule has 0 fully saturated rings. The molecule has 0 aliphatic rings. The minimum absolute atomic E-state index is 0.239. The molecule has 0 bridgehead atoms. The first-order chi connectivity index (χ1) is 8.90. The van der Waals surface area contributed by atoms with E-state index in [0.29, 0.717) is 0 Å². The Labute approximate surface area is 111 Å². The predicted molar refractivity (Wildman–Crippen MR) is 71.9 cm³/mol. The molecule has 0 saturated carbocycles. The lowest BCUT2D eigenvalue weighted by atomic mass is 10.1. The third-order valence-corrected chi connectivity index (χ3v) is 2.99. The molecule has 19 heavy (non-hydrogen) atoms. The van der Waals surface area contributed by atoms with Gasteiger partial charge < -0.3 is 5.11 Å². The Morgan fingerprint density at radius 1 is 1.32 bits per heavy atom. The van der Waals surface area contributed by atoms with Crippen LogP contribution in [-0.2, 0) is 0 Å². The highest BCUT2D eigenvalue weighted by Crippen LogP contribution is 2.19. The Balaban J connectivity index is 2.57. The number of aromatic carboxylic acids is 1. The Morgan fingerprint density at radius 3 is 2.53 bits per heavy atom. The summed E-state index contributed by atoms with van der Waals surface area (Å²) in [6.07, 6.45) is 0. The van der Waals surface area contributed by atoms with E-state index in [0.717, 1.165) is 22.9 Å². The van der Waals surface area contributed by atoms with Gasteiger partial charge in [-0.15, -0.1) is 0 Å². The van der Waals surface area contributed by atoms with Crippen LogP contribution >= 0.6 is 0 Å². The summed E-state index contributed by atoms with van der Waals surface area (Å²) in [5.41, 5.74) is 1.98. The number of aromatic nitrogens is 3. The van der Waals surface area contributed by atoms with Gasteiger partial charge in [-0.05, 0) is 31.5 Å². The van der Waals surface area contributed by atoms with Crippen LogP contribution in [0.5, 0.6) is 0 Å². The smallest absolute Gasteiger partial charge is 0.335 e. The zero-order chi connectivity index (χ0) is 14.2. The second-order valence-electron chi connectivity index (χ2n) is 4.89. The minimum Gasteiger partial charge on any atom is -0.478 e. The first-order valence-electron chi connectivity index (χ1n) is 6.18. The van der Waals surface area contributed by atoms with E-state index in [1.54, 1.807) is 22.9 Å². The Kier molecular flexibility index (Phi) is 3.38. The first kappa shape index (κ1) is 13.3. The van der Waals surface area contributed by atoms with Crippen molar-refractivity contribution in [2.45, 2.75) is 33.6 Å². The molecule has 0 amide bonds. The van der Waals surface area contributed by atoms with E-state index in [1.807, 2.05) is 27.7 Å². The SMILES string of the molecule is Cc1ccc(C(=O)O)cc1-n1nc(C(C)C)nc1C. The number of carboxylic acid groups (broad SMARTS) is 1. The maximum Gasteiger partial charge on any atom is 0.335 e. The van der Waals surface area contributed by atoms with E-state index < -0.39 is 5.97 Å². The van der Waals surface area contributed by atoms with E-state index in [4.69, 9.17) is 5.11 Å². The molecular weight excluding hydrogens is 242 g/mol. The summed E-state index contributed by atoms with van der Waals surface area (Å²) in [5.74, 6) is 0.818. The third kappa shape index (κ3) is 2.50. The number of rotatable bonds is 3. The zero-order valence-electron chi connectivity index (χ0n) is 11.5. The lowest BCUT2D eigenvalue weighted by Gasteiger charge is -2.08. The van der Waals surface area contributed by atoms with Gasteiger partial charge in [0.05, 0.1) is 11.3 Å². The normalized spacial score (nSPS) is 11.0. The van der Waals surface area contributed by atoms with Gasteiger partial charge in [-0.1, -0.05) is 19.9 Å². The molecule has 1 heterocycles. The Hall–Kier alpha value is -2.17. The fourth-order valence-electron chi connectivity index (χ4n) is 1.85. The molecule has 1 aromatic carbocycles. The second kappa shape index (κ2) is 4.84. The molecule has 0 radical (unpaired) electrons. The summed E-state index contributed by atoms with van der Waals surface area (Å²) >= 11 is 0. The monoisotopic (exact) mass is 259 g/mol. The average Bonchev–Trinajstić information content (AvgIpc) is 2.72. The second-order valence-corrected chi connectivity index (χ2v) is 4.89. The van der Waals surface area contributed by atoms with Crippen molar-refractivity contribution in [1.29, 1.82) is 0 Å². The van der Waals surface area contributed by atoms with Gasteiger partial charge in [0, 0.05) is 5.92 Å². The van der Waals surface area contributed by atoms with E-state index in [2.05, 4.69) is 10.1 Å². The van der Waals surface area contributed by atoms with Gasteiger partial charge in [-0.3, -0.25) is 0 Å². The zero-order valence-corrected chi connectivity index (χ0v) is 11.5. The van der Waals surface area contributed by atoms with Gasteiger partial charge in [0.25, 0.3) is 0 Å². The molecule has 0 atom stereocenters. The molecule has 2 rings (SSSR count). The van der Waals surface area contributed by atoms with Crippen molar-refractivity contribution in [2.24, 2.45) is 0 Å². The quantitative estimate of drug-likeness (QED) is 0.920. The molecule has 1 aromatic heterocycles. The summed E-state index contributed by atoms with van der Waals surface area (Å²) in [6, 6.07) is 5.01. The van der Waals surface area contributed by atoms with Crippen LogP contribution in [0.2, 0.25) is 0 Å². The number of hydrogen-bond donors (Lipinski definition) is 1. The third-order valence-electron chi connectivity index (χ3n) is 2.99. The molecule has 0 spiro atoms. The van der Waals surface area contributed by atoms with Gasteiger partial charge in [0.1, 0.15) is 5.82 Å². The average molecular weight is 259 g/mol. The van der Waals surface area contributed by atoms with Crippen LogP contribution in [0.1, 0.15) is 47.3 Å². The van der Waals surface area contributed by atoms with E-state index in [1.165, 1.54) is 0 Å². The van der Waals surface area contributed by atoms with E-state index in [9.17, 15) is 4.79 Å². The van der Waals surface area contributed by atoms with Crippen LogP contribution in [0.15, 0.2) is 18.2 Å². The van der Waals surface area contributed by atoms with Crippen molar-refractivity contribution in [3.8, 4) is 5.69 Å². The van der Waals surface area contributed by atoms with E-state index >= 15 is 0 Å². The highest BCUT2D eigenvalue weighted by molar-refractivity contribution is 5.88. The molecule has 100 valence electrons. The van der Waals surface area contributed by atoms with Gasteiger partial charge in [-0.2, -0.15) is 5.10 Å². The number of hydrogen-bond acceptors (Lipinski definition) is 3.